The fourth-order valence-electron chi connectivity index (χ4n) is 6.65. The predicted octanol–water partition coefficient (Wildman–Crippen LogP) is 4.75. The molecule has 0 saturated heterocycles. The maximum absolute atomic E-state index is 13.1. The zero-order valence-electron chi connectivity index (χ0n) is 20.3. The quantitative estimate of drug-likeness (QED) is 0.444. The van der Waals surface area contributed by atoms with Crippen molar-refractivity contribution in [3.63, 3.8) is 0 Å². The first-order chi connectivity index (χ1) is 17.6. The lowest BCUT2D eigenvalue weighted by Gasteiger charge is -2.40. The van der Waals surface area contributed by atoms with E-state index >= 15 is 0 Å². The molecule has 4 aliphatic rings. The highest BCUT2D eigenvalue weighted by molar-refractivity contribution is 5.97. The number of fused-ring (bicyclic) bond motifs is 9. The number of amides is 1. The summed E-state index contributed by atoms with van der Waals surface area (Å²) in [6, 6.07) is 12.7. The van der Waals surface area contributed by atoms with E-state index < -0.39 is 0 Å². The third kappa shape index (κ3) is 2.77. The molecule has 8 rings (SSSR count). The van der Waals surface area contributed by atoms with Crippen LogP contribution in [0.25, 0.3) is 22.2 Å². The fourth-order valence-corrected chi connectivity index (χ4v) is 6.65. The van der Waals surface area contributed by atoms with Gasteiger partial charge in [0.2, 0.25) is 0 Å². The van der Waals surface area contributed by atoms with E-state index in [-0.39, 0.29) is 23.5 Å². The second kappa shape index (κ2) is 7.23. The highest BCUT2D eigenvalue weighted by Crippen LogP contribution is 2.50. The van der Waals surface area contributed by atoms with Gasteiger partial charge in [0.05, 0.1) is 28.7 Å². The van der Waals surface area contributed by atoms with E-state index in [0.717, 1.165) is 58.6 Å². The molecule has 4 aromatic rings. The number of carbonyl (C=O) groups is 1. The minimum atomic E-state index is -0.0689. The first-order valence-corrected chi connectivity index (χ1v) is 13.1. The van der Waals surface area contributed by atoms with Crippen LogP contribution < -0.4 is 10.6 Å². The van der Waals surface area contributed by atoms with Gasteiger partial charge in [-0.1, -0.05) is 18.2 Å². The lowest BCUT2D eigenvalue weighted by atomic mass is 9.76. The van der Waals surface area contributed by atoms with Crippen LogP contribution in [-0.2, 0) is 5.54 Å². The van der Waals surface area contributed by atoms with Crippen molar-refractivity contribution in [1.82, 2.24) is 30.2 Å². The van der Waals surface area contributed by atoms with Crippen LogP contribution in [0.1, 0.15) is 89.7 Å². The van der Waals surface area contributed by atoms with Crippen molar-refractivity contribution in [2.24, 2.45) is 0 Å². The van der Waals surface area contributed by atoms with Crippen molar-refractivity contribution in [2.45, 2.75) is 62.1 Å². The van der Waals surface area contributed by atoms with Gasteiger partial charge in [0.25, 0.3) is 5.91 Å². The number of hydrogen-bond acceptors (Lipinski definition) is 5. The lowest BCUT2D eigenvalue weighted by molar-refractivity contribution is 0.0938. The summed E-state index contributed by atoms with van der Waals surface area (Å²) in [5.74, 6) is 2.45. The molecular formula is C29H28N6O. The fraction of sp³-hybridized carbons (Fsp3) is 0.379. The van der Waals surface area contributed by atoms with Crippen molar-refractivity contribution >= 4 is 16.9 Å². The number of benzene rings is 2. The zero-order chi connectivity index (χ0) is 24.0. The second-order valence-electron chi connectivity index (χ2n) is 10.9. The Hall–Kier alpha value is -3.58. The summed E-state index contributed by atoms with van der Waals surface area (Å²) in [4.78, 5) is 27.6. The van der Waals surface area contributed by atoms with Crippen LogP contribution in [0.15, 0.2) is 48.8 Å². The Morgan fingerprint density at radius 2 is 1.92 bits per heavy atom. The van der Waals surface area contributed by atoms with Crippen molar-refractivity contribution in [1.29, 1.82) is 0 Å². The SMILES string of the molecule is CNC1(c2ncc(-c3ccc4nc5n(c4c3)[C@@H]3C[C@H]5NC(=O)c4cccc(C5CC5)c43)cn2)CCC1. The Bertz CT molecular complexity index is 1540. The van der Waals surface area contributed by atoms with Crippen LogP contribution in [0.4, 0.5) is 0 Å². The summed E-state index contributed by atoms with van der Waals surface area (Å²) in [5.41, 5.74) is 7.47. The predicted molar refractivity (Wildman–Crippen MR) is 137 cm³/mol. The van der Waals surface area contributed by atoms with Crippen LogP contribution in [0.2, 0.25) is 0 Å². The van der Waals surface area contributed by atoms with Gasteiger partial charge in [-0.25, -0.2) is 15.0 Å². The van der Waals surface area contributed by atoms with Gasteiger partial charge in [0.1, 0.15) is 11.6 Å². The number of carbonyl (C=O) groups excluding carboxylic acids is 1. The third-order valence-corrected chi connectivity index (χ3v) is 8.94. The van der Waals surface area contributed by atoms with Gasteiger partial charge in [0, 0.05) is 23.5 Å². The Morgan fingerprint density at radius 3 is 2.64 bits per heavy atom. The van der Waals surface area contributed by atoms with Gasteiger partial charge < -0.3 is 15.2 Å². The zero-order valence-corrected chi connectivity index (χ0v) is 20.3. The van der Waals surface area contributed by atoms with E-state index in [2.05, 4.69) is 39.5 Å². The van der Waals surface area contributed by atoms with E-state index in [1.807, 2.05) is 31.6 Å². The molecule has 2 bridgehead atoms. The summed E-state index contributed by atoms with van der Waals surface area (Å²) >= 11 is 0. The van der Waals surface area contributed by atoms with Gasteiger partial charge in [-0.3, -0.25) is 4.79 Å². The number of nitrogens with one attached hydrogen (secondary N) is 2. The molecular weight excluding hydrogens is 448 g/mol. The molecule has 7 heteroatoms. The molecule has 36 heavy (non-hydrogen) atoms. The lowest BCUT2D eigenvalue weighted by Crippen LogP contribution is -2.47. The first kappa shape index (κ1) is 20.6. The molecule has 2 aliphatic carbocycles. The Morgan fingerprint density at radius 1 is 1.08 bits per heavy atom. The highest BCUT2D eigenvalue weighted by Gasteiger charge is 2.43. The average Bonchev–Trinajstić information content (AvgIpc) is 3.60. The number of rotatable bonds is 4. The molecule has 2 saturated carbocycles. The van der Waals surface area contributed by atoms with E-state index in [1.54, 1.807) is 0 Å². The monoisotopic (exact) mass is 476 g/mol. The molecule has 180 valence electrons. The molecule has 2 atom stereocenters. The van der Waals surface area contributed by atoms with Crippen LogP contribution in [0.3, 0.4) is 0 Å². The van der Waals surface area contributed by atoms with Gasteiger partial charge >= 0.3 is 0 Å². The number of imidazole rings is 1. The highest BCUT2D eigenvalue weighted by atomic mass is 16.1. The normalized spacial score (nSPS) is 23.5. The van der Waals surface area contributed by atoms with Crippen LogP contribution >= 0.6 is 0 Å². The average molecular weight is 477 g/mol. The summed E-state index contributed by atoms with van der Waals surface area (Å²) in [6.45, 7) is 0. The maximum Gasteiger partial charge on any atom is 0.252 e. The molecule has 2 fully saturated rings. The largest absolute Gasteiger partial charge is 0.342 e. The molecule has 0 spiro atoms. The van der Waals surface area contributed by atoms with E-state index in [0.29, 0.717) is 5.92 Å². The van der Waals surface area contributed by atoms with Crippen LogP contribution in [-0.4, -0.2) is 32.5 Å². The third-order valence-electron chi connectivity index (χ3n) is 8.94. The van der Waals surface area contributed by atoms with Gasteiger partial charge in [-0.15, -0.1) is 0 Å². The molecule has 1 amide bonds. The van der Waals surface area contributed by atoms with Crippen molar-refractivity contribution in [3.8, 4) is 11.1 Å². The Labute approximate surface area is 209 Å². The summed E-state index contributed by atoms with van der Waals surface area (Å²) in [7, 11) is 2.00. The molecule has 2 aromatic carbocycles. The summed E-state index contributed by atoms with van der Waals surface area (Å²) < 4.78 is 2.38. The standard InChI is InChI=1S/C29H28N6O/c1-30-29(10-3-11-29)28-31-14-18(15-32-28)17-8-9-21-23(12-17)35-24-13-22(26(35)33-21)34-27(36)20-5-2-4-19(25(20)24)16-6-7-16/h2,4-5,8-9,12,14-16,22,24,30H,3,6-7,10-11,13H2,1H3,(H,34,36)/t22-,24-/m1/s1. The van der Waals surface area contributed by atoms with Crippen LogP contribution in [0.5, 0.6) is 0 Å². The maximum atomic E-state index is 13.1. The number of aromatic nitrogens is 4. The van der Waals surface area contributed by atoms with Crippen molar-refractivity contribution in [3.05, 3.63) is 77.1 Å². The minimum absolute atomic E-state index is 0.0297. The van der Waals surface area contributed by atoms with Crippen molar-refractivity contribution in [2.75, 3.05) is 7.05 Å². The molecule has 2 N–H and O–H groups in total. The second-order valence-corrected chi connectivity index (χ2v) is 10.9. The molecule has 0 radical (unpaired) electrons. The minimum Gasteiger partial charge on any atom is -0.342 e. The van der Waals surface area contributed by atoms with Crippen LogP contribution in [0, 0.1) is 0 Å². The Balaban J connectivity index is 1.25. The van der Waals surface area contributed by atoms with Gasteiger partial charge in [-0.2, -0.15) is 0 Å². The van der Waals surface area contributed by atoms with Gasteiger partial charge in [-0.05, 0) is 86.4 Å². The van der Waals surface area contributed by atoms with E-state index in [1.165, 1.54) is 30.4 Å². The summed E-state index contributed by atoms with van der Waals surface area (Å²) in [5, 5.41) is 6.69. The van der Waals surface area contributed by atoms with Gasteiger partial charge in [0.15, 0.2) is 0 Å². The first-order valence-electron chi connectivity index (χ1n) is 13.1. The Kier molecular flexibility index (Phi) is 4.14. The molecule has 2 aromatic heterocycles. The number of hydrogen-bond donors (Lipinski definition) is 2. The summed E-state index contributed by atoms with van der Waals surface area (Å²) in [6.07, 6.45) is 10.6. The topological polar surface area (TPSA) is 84.7 Å². The molecule has 7 nitrogen and oxygen atoms in total. The molecule has 0 unspecified atom stereocenters. The number of nitrogens with zero attached hydrogens (tertiary/aromatic N) is 4. The smallest absolute Gasteiger partial charge is 0.252 e. The van der Waals surface area contributed by atoms with Crippen molar-refractivity contribution < 1.29 is 4.79 Å². The molecule has 2 aliphatic heterocycles. The van der Waals surface area contributed by atoms with E-state index in [4.69, 9.17) is 15.0 Å². The molecule has 4 heterocycles. The van der Waals surface area contributed by atoms with E-state index in [9.17, 15) is 4.79 Å².